The van der Waals surface area contributed by atoms with Crippen LogP contribution < -0.4 is 5.32 Å². The highest BCUT2D eigenvalue weighted by atomic mass is 19.1. The quantitative estimate of drug-likeness (QED) is 0.807. The molecule has 2 amide bonds. The van der Waals surface area contributed by atoms with Gasteiger partial charge < -0.3 is 14.7 Å². The molecular formula is C20H27FN4O2. The maximum Gasteiger partial charge on any atom is 0.317 e. The number of nitrogens with zero attached hydrogens (tertiary/aromatic N) is 3. The Morgan fingerprint density at radius 2 is 2.04 bits per heavy atom. The van der Waals surface area contributed by atoms with Gasteiger partial charge in [-0.1, -0.05) is 24.2 Å². The molecule has 0 bridgehead atoms. The maximum absolute atomic E-state index is 13.3. The number of aryl methyl sites for hydroxylation is 1. The summed E-state index contributed by atoms with van der Waals surface area (Å²) in [6.07, 6.45) is 3.10. The van der Waals surface area contributed by atoms with Crippen molar-refractivity contribution in [2.24, 2.45) is 0 Å². The van der Waals surface area contributed by atoms with E-state index in [1.54, 1.807) is 24.1 Å². The summed E-state index contributed by atoms with van der Waals surface area (Å²) in [5.41, 5.74) is 1.90. The Hall–Kier alpha value is -2.41. The molecule has 1 N–H and O–H groups in total. The molecule has 6 nitrogen and oxygen atoms in total. The highest BCUT2D eigenvalue weighted by Gasteiger charge is 2.24. The van der Waals surface area contributed by atoms with E-state index in [9.17, 15) is 9.18 Å². The number of hydrogen-bond donors (Lipinski definition) is 1. The number of benzene rings is 1. The van der Waals surface area contributed by atoms with Gasteiger partial charge in [-0.3, -0.25) is 4.90 Å². The van der Waals surface area contributed by atoms with E-state index in [0.717, 1.165) is 43.6 Å². The van der Waals surface area contributed by atoms with E-state index in [4.69, 9.17) is 4.52 Å². The first-order valence-electron chi connectivity index (χ1n) is 9.49. The third-order valence-electron chi connectivity index (χ3n) is 4.99. The molecule has 0 aliphatic carbocycles. The summed E-state index contributed by atoms with van der Waals surface area (Å²) >= 11 is 0. The van der Waals surface area contributed by atoms with Crippen molar-refractivity contribution in [1.82, 2.24) is 20.3 Å². The molecule has 1 aromatic heterocycles. The predicted molar refractivity (Wildman–Crippen MR) is 101 cm³/mol. The second-order valence-electron chi connectivity index (χ2n) is 6.99. The monoisotopic (exact) mass is 374 g/mol. The number of amides is 2. The van der Waals surface area contributed by atoms with Crippen molar-refractivity contribution in [3.8, 4) is 0 Å². The third kappa shape index (κ3) is 5.07. The molecule has 2 heterocycles. The molecule has 1 aliphatic rings. The van der Waals surface area contributed by atoms with Gasteiger partial charge in [0.15, 0.2) is 5.76 Å². The van der Waals surface area contributed by atoms with Gasteiger partial charge in [-0.15, -0.1) is 0 Å². The normalized spacial score (nSPS) is 15.7. The summed E-state index contributed by atoms with van der Waals surface area (Å²) in [7, 11) is 1.73. The molecule has 3 rings (SSSR count). The fourth-order valence-corrected chi connectivity index (χ4v) is 3.42. The lowest BCUT2D eigenvalue weighted by Crippen LogP contribution is -2.42. The van der Waals surface area contributed by atoms with Crippen molar-refractivity contribution in [2.75, 3.05) is 26.7 Å². The molecule has 1 aromatic carbocycles. The molecule has 0 spiro atoms. The molecule has 1 aliphatic heterocycles. The summed E-state index contributed by atoms with van der Waals surface area (Å²) in [6.45, 7) is 4.83. The lowest BCUT2D eigenvalue weighted by Gasteiger charge is -2.29. The SMILES string of the molecule is CCc1cc(CN(C)C(=O)NCC(c2ccc(F)cc2)N2CCCC2)on1. The fourth-order valence-electron chi connectivity index (χ4n) is 3.42. The van der Waals surface area contributed by atoms with Crippen LogP contribution in [-0.4, -0.2) is 47.7 Å². The van der Waals surface area contributed by atoms with Gasteiger partial charge >= 0.3 is 6.03 Å². The van der Waals surface area contributed by atoms with Crippen LogP contribution in [0, 0.1) is 5.82 Å². The highest BCUT2D eigenvalue weighted by molar-refractivity contribution is 5.73. The molecule has 7 heteroatoms. The Bertz CT molecular complexity index is 741. The summed E-state index contributed by atoms with van der Waals surface area (Å²) in [5.74, 6) is 0.417. The third-order valence-corrected chi connectivity index (χ3v) is 4.99. The zero-order valence-corrected chi connectivity index (χ0v) is 15.9. The van der Waals surface area contributed by atoms with Gasteiger partial charge in [0.25, 0.3) is 0 Å². The first-order valence-corrected chi connectivity index (χ1v) is 9.49. The Kier molecular flexibility index (Phi) is 6.45. The van der Waals surface area contributed by atoms with E-state index in [1.165, 1.54) is 12.1 Å². The summed E-state index contributed by atoms with van der Waals surface area (Å²) in [5, 5.41) is 6.95. The second-order valence-corrected chi connectivity index (χ2v) is 6.99. The summed E-state index contributed by atoms with van der Waals surface area (Å²) in [6, 6.07) is 8.29. The van der Waals surface area contributed by atoms with E-state index in [2.05, 4.69) is 15.4 Å². The zero-order valence-electron chi connectivity index (χ0n) is 15.9. The number of nitrogens with one attached hydrogen (secondary N) is 1. The maximum atomic E-state index is 13.3. The molecule has 1 unspecified atom stereocenters. The number of halogens is 1. The van der Waals surface area contributed by atoms with E-state index in [0.29, 0.717) is 18.8 Å². The van der Waals surface area contributed by atoms with Crippen LogP contribution in [0.5, 0.6) is 0 Å². The molecule has 2 aromatic rings. The number of hydrogen-bond acceptors (Lipinski definition) is 4. The van der Waals surface area contributed by atoms with Gasteiger partial charge in [-0.25, -0.2) is 9.18 Å². The first kappa shape index (κ1) is 19.4. The van der Waals surface area contributed by atoms with Gasteiger partial charge in [0, 0.05) is 19.7 Å². The van der Waals surface area contributed by atoms with Crippen molar-refractivity contribution in [2.45, 2.75) is 38.8 Å². The molecule has 1 atom stereocenters. The Morgan fingerprint density at radius 1 is 1.33 bits per heavy atom. The van der Waals surface area contributed by atoms with E-state index >= 15 is 0 Å². The minimum absolute atomic E-state index is 0.0439. The van der Waals surface area contributed by atoms with Gasteiger partial charge in [-0.05, 0) is 50.0 Å². The van der Waals surface area contributed by atoms with Crippen molar-refractivity contribution in [3.63, 3.8) is 0 Å². The standard InChI is InChI=1S/C20H27FN4O2/c1-3-17-12-18(27-23-17)14-24(2)20(26)22-13-19(25-10-4-5-11-25)15-6-8-16(21)9-7-15/h6-9,12,19H,3-5,10-11,13-14H2,1-2H3,(H,22,26). The number of rotatable bonds is 7. The molecule has 0 saturated carbocycles. The summed E-state index contributed by atoms with van der Waals surface area (Å²) in [4.78, 5) is 16.4. The molecule has 1 fully saturated rings. The lowest BCUT2D eigenvalue weighted by atomic mass is 10.1. The van der Waals surface area contributed by atoms with E-state index in [1.807, 2.05) is 13.0 Å². The van der Waals surface area contributed by atoms with Crippen LogP contribution in [0.3, 0.4) is 0 Å². The number of likely N-dealkylation sites (tertiary alicyclic amines) is 1. The van der Waals surface area contributed by atoms with Crippen molar-refractivity contribution in [3.05, 3.63) is 53.2 Å². The zero-order chi connectivity index (χ0) is 19.2. The molecule has 146 valence electrons. The van der Waals surface area contributed by atoms with Crippen LogP contribution in [0.25, 0.3) is 0 Å². The van der Waals surface area contributed by atoms with Gasteiger partial charge in [0.05, 0.1) is 18.3 Å². The van der Waals surface area contributed by atoms with Crippen LogP contribution in [0.1, 0.15) is 42.8 Å². The van der Waals surface area contributed by atoms with Gasteiger partial charge in [-0.2, -0.15) is 0 Å². The first-order chi connectivity index (χ1) is 13.1. The number of aromatic nitrogens is 1. The highest BCUT2D eigenvalue weighted by Crippen LogP contribution is 2.25. The average molecular weight is 374 g/mol. The van der Waals surface area contributed by atoms with Gasteiger partial charge in [0.1, 0.15) is 5.82 Å². The molecule has 1 saturated heterocycles. The molecular weight excluding hydrogens is 347 g/mol. The van der Waals surface area contributed by atoms with Crippen molar-refractivity contribution >= 4 is 6.03 Å². The average Bonchev–Trinajstić information content (AvgIpc) is 3.35. The van der Waals surface area contributed by atoms with Gasteiger partial charge in [0.2, 0.25) is 0 Å². The van der Waals surface area contributed by atoms with Crippen LogP contribution in [0.15, 0.2) is 34.9 Å². The van der Waals surface area contributed by atoms with Crippen LogP contribution in [0.4, 0.5) is 9.18 Å². The second kappa shape index (κ2) is 8.99. The number of carbonyl (C=O) groups excluding carboxylic acids is 1. The minimum Gasteiger partial charge on any atom is -0.359 e. The summed E-state index contributed by atoms with van der Waals surface area (Å²) < 4.78 is 18.5. The predicted octanol–water partition coefficient (Wildman–Crippen LogP) is 3.35. The van der Waals surface area contributed by atoms with E-state index in [-0.39, 0.29) is 17.9 Å². The Balaban J connectivity index is 1.60. The molecule has 27 heavy (non-hydrogen) atoms. The minimum atomic E-state index is -0.249. The topological polar surface area (TPSA) is 61.6 Å². The number of carbonyl (C=O) groups is 1. The van der Waals surface area contributed by atoms with Crippen LogP contribution in [0.2, 0.25) is 0 Å². The lowest BCUT2D eigenvalue weighted by molar-refractivity contribution is 0.190. The van der Waals surface area contributed by atoms with Crippen molar-refractivity contribution < 1.29 is 13.7 Å². The molecule has 0 radical (unpaired) electrons. The Morgan fingerprint density at radius 3 is 2.67 bits per heavy atom. The van der Waals surface area contributed by atoms with E-state index < -0.39 is 0 Å². The smallest absolute Gasteiger partial charge is 0.317 e. The van der Waals surface area contributed by atoms with Crippen molar-refractivity contribution in [1.29, 1.82) is 0 Å². The Labute approximate surface area is 159 Å². The van der Waals surface area contributed by atoms with Crippen LogP contribution >= 0.6 is 0 Å². The largest absolute Gasteiger partial charge is 0.359 e. The number of urea groups is 1. The van der Waals surface area contributed by atoms with Crippen LogP contribution in [-0.2, 0) is 13.0 Å². The fraction of sp³-hybridized carbons (Fsp3) is 0.500.